The molecule has 1 N–H and O–H groups in total. The summed E-state index contributed by atoms with van der Waals surface area (Å²) in [5.74, 6) is -0.0395. The number of rotatable bonds is 4. The number of hydrogen-bond donors (Lipinski definition) is 1. The fourth-order valence-electron chi connectivity index (χ4n) is 3.54. The Morgan fingerprint density at radius 2 is 1.79 bits per heavy atom. The summed E-state index contributed by atoms with van der Waals surface area (Å²) in [5, 5.41) is 2.91. The Balaban J connectivity index is 1.65. The van der Waals surface area contributed by atoms with E-state index >= 15 is 0 Å². The van der Waals surface area contributed by atoms with Crippen molar-refractivity contribution in [2.24, 2.45) is 0 Å². The van der Waals surface area contributed by atoms with Gasteiger partial charge >= 0.3 is 0 Å². The fraction of sp³-hybridized carbons (Fsp3) is 0.500. The molecule has 0 radical (unpaired) electrons. The predicted octanol–water partition coefficient (Wildman–Crippen LogP) is 1.47. The average molecular weight is 348 g/mol. The maximum Gasteiger partial charge on any atom is 0.244 e. The summed E-state index contributed by atoms with van der Waals surface area (Å²) in [6.45, 7) is 1.85. The quantitative estimate of drug-likeness (QED) is 0.837. The Morgan fingerprint density at radius 3 is 2.50 bits per heavy atom. The first-order valence-corrected chi connectivity index (χ1v) is 10.3. The van der Waals surface area contributed by atoms with Gasteiger partial charge in [-0.2, -0.15) is 0 Å². The van der Waals surface area contributed by atoms with E-state index in [4.69, 9.17) is 0 Å². The van der Waals surface area contributed by atoms with Gasteiger partial charge in [-0.1, -0.05) is 36.8 Å². The van der Waals surface area contributed by atoms with Crippen LogP contribution in [0, 0.1) is 0 Å². The largest absolute Gasteiger partial charge is 0.347 e. The van der Waals surface area contributed by atoms with E-state index in [0.717, 1.165) is 31.5 Å². The van der Waals surface area contributed by atoms with Crippen molar-refractivity contribution < 1.29 is 13.2 Å². The van der Waals surface area contributed by atoms with Gasteiger partial charge in [0.25, 0.3) is 0 Å². The van der Waals surface area contributed by atoms with Gasteiger partial charge in [0.15, 0.2) is 9.84 Å². The molecule has 5 nitrogen and oxygen atoms in total. The van der Waals surface area contributed by atoms with Gasteiger partial charge in [0.1, 0.15) is 0 Å². The van der Waals surface area contributed by atoms with Gasteiger partial charge in [0.05, 0.1) is 17.5 Å². The zero-order valence-corrected chi connectivity index (χ0v) is 14.5. The van der Waals surface area contributed by atoms with E-state index in [9.17, 15) is 13.2 Å². The molecule has 2 atom stereocenters. The molecule has 0 saturated carbocycles. The lowest BCUT2D eigenvalue weighted by atomic mass is 10.0. The summed E-state index contributed by atoms with van der Waals surface area (Å²) in [4.78, 5) is 14.4. The van der Waals surface area contributed by atoms with Crippen LogP contribution < -0.4 is 5.32 Å². The van der Waals surface area contributed by atoms with Crippen molar-refractivity contribution in [3.8, 4) is 0 Å². The van der Waals surface area contributed by atoms with Crippen LogP contribution in [-0.4, -0.2) is 55.9 Å². The normalized spacial score (nSPS) is 27.3. The number of sulfone groups is 1. The molecule has 3 rings (SSSR count). The van der Waals surface area contributed by atoms with Gasteiger partial charge < -0.3 is 5.32 Å². The van der Waals surface area contributed by atoms with E-state index in [1.165, 1.54) is 12.5 Å². The van der Waals surface area contributed by atoms with Crippen molar-refractivity contribution in [1.29, 1.82) is 0 Å². The van der Waals surface area contributed by atoms with Crippen LogP contribution in [0.1, 0.15) is 24.8 Å². The number of nitrogens with zero attached hydrogens (tertiary/aromatic N) is 1. The van der Waals surface area contributed by atoms with Crippen molar-refractivity contribution >= 4 is 21.8 Å². The van der Waals surface area contributed by atoms with E-state index in [1.807, 2.05) is 30.3 Å². The number of piperidine rings is 1. The third-order valence-corrected chi connectivity index (χ3v) is 6.45. The molecular formula is C18H24N2O3S. The van der Waals surface area contributed by atoms with Crippen LogP contribution in [0.15, 0.2) is 36.4 Å². The molecule has 0 bridgehead atoms. The first-order valence-electron chi connectivity index (χ1n) is 8.52. The highest BCUT2D eigenvalue weighted by Crippen LogP contribution is 2.22. The molecule has 1 amide bonds. The summed E-state index contributed by atoms with van der Waals surface area (Å²) < 4.78 is 24.1. The van der Waals surface area contributed by atoms with Crippen LogP contribution in [-0.2, 0) is 14.6 Å². The van der Waals surface area contributed by atoms with Crippen LogP contribution in [0.25, 0.3) is 6.08 Å². The van der Waals surface area contributed by atoms with Gasteiger partial charge in [0, 0.05) is 12.1 Å². The number of carbonyl (C=O) groups excluding carboxylic acids is 1. The summed E-state index contributed by atoms with van der Waals surface area (Å²) in [6.07, 6.45) is 6.63. The summed E-state index contributed by atoms with van der Waals surface area (Å²) in [7, 11) is -3.09. The number of nitrogens with one attached hydrogen (secondary N) is 1. The molecule has 130 valence electrons. The van der Waals surface area contributed by atoms with Gasteiger partial charge in [-0.25, -0.2) is 8.42 Å². The molecule has 0 aliphatic carbocycles. The van der Waals surface area contributed by atoms with Gasteiger partial charge in [-0.05, 0) is 37.6 Å². The van der Waals surface area contributed by atoms with Crippen molar-refractivity contribution in [1.82, 2.24) is 10.2 Å². The monoisotopic (exact) mass is 348 g/mol. The maximum absolute atomic E-state index is 12.2. The molecule has 1 aromatic rings. The topological polar surface area (TPSA) is 66.5 Å². The van der Waals surface area contributed by atoms with Crippen molar-refractivity contribution in [3.63, 3.8) is 0 Å². The highest BCUT2D eigenvalue weighted by molar-refractivity contribution is 7.91. The molecule has 2 aliphatic heterocycles. The molecule has 2 fully saturated rings. The minimum absolute atomic E-state index is 0.0408. The highest BCUT2D eigenvalue weighted by atomic mass is 32.2. The van der Waals surface area contributed by atoms with Crippen LogP contribution in [0.5, 0.6) is 0 Å². The van der Waals surface area contributed by atoms with E-state index in [1.54, 1.807) is 6.08 Å². The predicted molar refractivity (Wildman–Crippen MR) is 95.3 cm³/mol. The molecule has 0 aromatic heterocycles. The van der Waals surface area contributed by atoms with Gasteiger partial charge in [-0.3, -0.25) is 9.69 Å². The van der Waals surface area contributed by atoms with E-state index in [-0.39, 0.29) is 29.5 Å². The number of carbonyl (C=O) groups is 1. The van der Waals surface area contributed by atoms with Crippen LogP contribution in [0.4, 0.5) is 0 Å². The maximum atomic E-state index is 12.2. The molecule has 6 heteroatoms. The summed E-state index contributed by atoms with van der Waals surface area (Å²) in [5.41, 5.74) is 0.944. The second-order valence-electron chi connectivity index (χ2n) is 6.60. The number of amides is 1. The molecule has 2 heterocycles. The van der Waals surface area contributed by atoms with Gasteiger partial charge in [-0.15, -0.1) is 0 Å². The first kappa shape index (κ1) is 17.2. The molecule has 0 unspecified atom stereocenters. The standard InChI is InChI=1S/C18H24N2O3S/c21-18(10-9-15-7-3-1-4-8-15)19-16-13-24(22,23)14-17(16)20-11-5-2-6-12-20/h1,3-4,7-10,16-17H,2,5-6,11-14H2,(H,19,21)/b10-9-/t16-,17+/m1/s1. The Morgan fingerprint density at radius 1 is 1.08 bits per heavy atom. The van der Waals surface area contributed by atoms with Crippen molar-refractivity contribution in [2.75, 3.05) is 24.6 Å². The Hall–Kier alpha value is -1.66. The van der Waals surface area contributed by atoms with Crippen LogP contribution >= 0.6 is 0 Å². The molecule has 1 aromatic carbocycles. The summed E-state index contributed by atoms with van der Waals surface area (Å²) >= 11 is 0. The zero-order valence-electron chi connectivity index (χ0n) is 13.7. The van der Waals surface area contributed by atoms with Crippen molar-refractivity contribution in [2.45, 2.75) is 31.3 Å². The lowest BCUT2D eigenvalue weighted by molar-refractivity contribution is -0.117. The van der Waals surface area contributed by atoms with Crippen LogP contribution in [0.3, 0.4) is 0 Å². The smallest absolute Gasteiger partial charge is 0.244 e. The molecular weight excluding hydrogens is 324 g/mol. The van der Waals surface area contributed by atoms with E-state index in [0.29, 0.717) is 0 Å². The SMILES string of the molecule is O=C(/C=C\c1ccccc1)N[C@@H]1CS(=O)(=O)C[C@@H]1N1CCCCC1. The number of hydrogen-bond acceptors (Lipinski definition) is 4. The average Bonchev–Trinajstić information content (AvgIpc) is 2.89. The summed E-state index contributed by atoms with van der Waals surface area (Å²) in [6, 6.07) is 9.16. The van der Waals surface area contributed by atoms with E-state index in [2.05, 4.69) is 10.2 Å². The van der Waals surface area contributed by atoms with Crippen LogP contribution in [0.2, 0.25) is 0 Å². The minimum Gasteiger partial charge on any atom is -0.347 e. The second kappa shape index (κ2) is 7.49. The second-order valence-corrected chi connectivity index (χ2v) is 8.75. The minimum atomic E-state index is -3.09. The van der Waals surface area contributed by atoms with Gasteiger partial charge in [0.2, 0.25) is 5.91 Å². The fourth-order valence-corrected chi connectivity index (χ4v) is 5.50. The number of benzene rings is 1. The third-order valence-electron chi connectivity index (χ3n) is 4.74. The first-order chi connectivity index (χ1) is 11.5. The Labute approximate surface area is 143 Å². The highest BCUT2D eigenvalue weighted by Gasteiger charge is 2.41. The number of likely N-dealkylation sites (tertiary alicyclic amines) is 1. The van der Waals surface area contributed by atoms with E-state index < -0.39 is 9.84 Å². The lowest BCUT2D eigenvalue weighted by Gasteiger charge is -2.34. The zero-order chi connectivity index (χ0) is 17.0. The lowest BCUT2D eigenvalue weighted by Crippen LogP contribution is -2.52. The Kier molecular flexibility index (Phi) is 5.36. The molecule has 2 aliphatic rings. The third kappa shape index (κ3) is 4.45. The molecule has 0 spiro atoms. The molecule has 24 heavy (non-hydrogen) atoms. The molecule has 2 saturated heterocycles. The Bertz CT molecular complexity index is 694. The van der Waals surface area contributed by atoms with Crippen molar-refractivity contribution in [3.05, 3.63) is 42.0 Å².